The minimum Gasteiger partial charge on any atom is -0.461 e. The van der Waals surface area contributed by atoms with Crippen LogP contribution in [-0.4, -0.2) is 32.5 Å². The number of dihydropyridines is 1. The van der Waals surface area contributed by atoms with Crippen molar-refractivity contribution in [2.24, 2.45) is 0 Å². The molecule has 0 bridgehead atoms. The van der Waals surface area contributed by atoms with Crippen molar-refractivity contribution in [3.63, 3.8) is 0 Å². The molecule has 1 aliphatic heterocycles. The molecule has 0 saturated carbocycles. The van der Waals surface area contributed by atoms with E-state index in [0.717, 1.165) is 22.9 Å². The average molecular weight is 538 g/mol. The zero-order chi connectivity index (χ0) is 28.1. The normalized spacial score (nSPS) is 15.4. The molecule has 202 valence electrons. The van der Waals surface area contributed by atoms with E-state index in [0.29, 0.717) is 34.7 Å². The number of H-pyrrole nitrogens is 1. The van der Waals surface area contributed by atoms with E-state index in [9.17, 15) is 14.9 Å². The first-order chi connectivity index (χ1) is 19.4. The Hall–Kier alpha value is -5.25. The molecule has 1 atom stereocenters. The van der Waals surface area contributed by atoms with Crippen LogP contribution in [0.15, 0.2) is 101 Å². The van der Waals surface area contributed by atoms with Gasteiger partial charge in [-0.25, -0.2) is 9.78 Å². The highest BCUT2D eigenvalue weighted by molar-refractivity contribution is 5.97. The fourth-order valence-electron chi connectivity index (χ4n) is 4.78. The predicted molar refractivity (Wildman–Crippen MR) is 149 cm³/mol. The number of carbonyl (C=O) groups is 1. The molecular formula is C30H27N5O5. The Kier molecular flexibility index (Phi) is 7.68. The second kappa shape index (κ2) is 11.6. The molecule has 40 heavy (non-hydrogen) atoms. The number of ether oxygens (including phenoxy) is 1. The molecule has 1 aromatic carbocycles. The van der Waals surface area contributed by atoms with Crippen molar-refractivity contribution in [2.45, 2.75) is 26.2 Å². The monoisotopic (exact) mass is 537 g/mol. The van der Waals surface area contributed by atoms with Gasteiger partial charge >= 0.3 is 5.97 Å². The number of non-ortho nitro benzene ring substituents is 1. The van der Waals surface area contributed by atoms with Gasteiger partial charge < -0.3 is 19.5 Å². The van der Waals surface area contributed by atoms with E-state index in [-0.39, 0.29) is 12.3 Å². The van der Waals surface area contributed by atoms with E-state index in [2.05, 4.69) is 20.3 Å². The number of benzene rings is 1. The zero-order valence-corrected chi connectivity index (χ0v) is 22.0. The summed E-state index contributed by atoms with van der Waals surface area (Å²) in [5, 5.41) is 14.8. The van der Waals surface area contributed by atoms with Crippen molar-refractivity contribution in [3.8, 4) is 0 Å². The van der Waals surface area contributed by atoms with Crippen LogP contribution in [0.3, 0.4) is 0 Å². The Morgan fingerprint density at radius 3 is 2.73 bits per heavy atom. The zero-order valence-electron chi connectivity index (χ0n) is 22.0. The summed E-state index contributed by atoms with van der Waals surface area (Å²) in [5.41, 5.74) is 3.70. The Labute approximate surface area is 230 Å². The number of imidazole rings is 1. The van der Waals surface area contributed by atoms with Crippen LogP contribution in [0.5, 0.6) is 0 Å². The number of nitrogens with one attached hydrogen (secondary N) is 2. The summed E-state index contributed by atoms with van der Waals surface area (Å²) in [7, 11) is 0. The van der Waals surface area contributed by atoms with Gasteiger partial charge in [-0.15, -0.1) is 0 Å². The van der Waals surface area contributed by atoms with Gasteiger partial charge in [0.05, 0.1) is 22.6 Å². The smallest absolute Gasteiger partial charge is 0.337 e. The number of furan rings is 1. The lowest BCUT2D eigenvalue weighted by Gasteiger charge is -2.31. The van der Waals surface area contributed by atoms with Gasteiger partial charge in [-0.05, 0) is 55.8 Å². The van der Waals surface area contributed by atoms with Gasteiger partial charge in [0.2, 0.25) is 0 Å². The van der Waals surface area contributed by atoms with E-state index < -0.39 is 16.8 Å². The van der Waals surface area contributed by atoms with E-state index in [4.69, 9.17) is 9.15 Å². The van der Waals surface area contributed by atoms with Gasteiger partial charge in [-0.1, -0.05) is 18.2 Å². The lowest BCUT2D eigenvalue weighted by molar-refractivity contribution is -0.384. The standard InChI is InChI=1S/C30H27N5O5/c1-19-27(25-10-3-4-13-31-25)29(21-7-5-8-22(17-21)35(37)38)28(20(2)34-19)30(36)39-16-6-9-23-11-12-24(40-23)18-26-32-14-15-33-26/h3-15,17,29,34H,16,18H2,1-2H3,(H,32,33). The maximum atomic E-state index is 13.5. The highest BCUT2D eigenvalue weighted by Crippen LogP contribution is 2.43. The van der Waals surface area contributed by atoms with Crippen LogP contribution in [0.25, 0.3) is 11.6 Å². The van der Waals surface area contributed by atoms with E-state index in [1.54, 1.807) is 55.9 Å². The second-order valence-electron chi connectivity index (χ2n) is 9.22. The van der Waals surface area contributed by atoms with Gasteiger partial charge in [-0.2, -0.15) is 0 Å². The first-order valence-electron chi connectivity index (χ1n) is 12.7. The summed E-state index contributed by atoms with van der Waals surface area (Å²) in [5.74, 6) is 1.02. The van der Waals surface area contributed by atoms with Gasteiger partial charge in [0.15, 0.2) is 0 Å². The Morgan fingerprint density at radius 2 is 1.98 bits per heavy atom. The number of pyridine rings is 1. The maximum Gasteiger partial charge on any atom is 0.337 e. The molecule has 0 aliphatic carbocycles. The Bertz CT molecular complexity index is 1620. The van der Waals surface area contributed by atoms with Crippen molar-refractivity contribution < 1.29 is 18.9 Å². The lowest BCUT2D eigenvalue weighted by atomic mass is 9.79. The molecule has 4 aromatic rings. The van der Waals surface area contributed by atoms with Crippen molar-refractivity contribution in [1.29, 1.82) is 0 Å². The average Bonchev–Trinajstić information content (AvgIpc) is 3.63. The Morgan fingerprint density at radius 1 is 1.10 bits per heavy atom. The van der Waals surface area contributed by atoms with Crippen molar-refractivity contribution >= 4 is 23.3 Å². The van der Waals surface area contributed by atoms with Crippen LogP contribution in [0.2, 0.25) is 0 Å². The number of carbonyl (C=O) groups excluding carboxylic acids is 1. The highest BCUT2D eigenvalue weighted by atomic mass is 16.6. The molecule has 0 saturated heterocycles. The molecule has 2 N–H and O–H groups in total. The summed E-state index contributed by atoms with van der Waals surface area (Å²) in [6.45, 7) is 3.69. The van der Waals surface area contributed by atoms with Crippen LogP contribution in [0.1, 0.15) is 48.4 Å². The topological polar surface area (TPSA) is 136 Å². The fraction of sp³-hybridized carbons (Fsp3) is 0.167. The number of allylic oxidation sites excluding steroid dienone is 3. The maximum absolute atomic E-state index is 13.5. The number of hydrogen-bond acceptors (Lipinski definition) is 8. The lowest BCUT2D eigenvalue weighted by Crippen LogP contribution is -2.29. The largest absolute Gasteiger partial charge is 0.461 e. The molecule has 4 heterocycles. The molecule has 0 spiro atoms. The number of aromatic nitrogens is 3. The van der Waals surface area contributed by atoms with Gasteiger partial charge in [0.1, 0.15) is 24.0 Å². The third-order valence-corrected chi connectivity index (χ3v) is 6.51. The number of esters is 1. The van der Waals surface area contributed by atoms with E-state index in [1.165, 1.54) is 12.1 Å². The van der Waals surface area contributed by atoms with Crippen LogP contribution in [-0.2, 0) is 16.0 Å². The summed E-state index contributed by atoms with van der Waals surface area (Å²) in [4.78, 5) is 36.4. The van der Waals surface area contributed by atoms with Crippen LogP contribution >= 0.6 is 0 Å². The first-order valence-corrected chi connectivity index (χ1v) is 12.7. The van der Waals surface area contributed by atoms with Gasteiger partial charge in [-0.3, -0.25) is 15.1 Å². The molecule has 5 rings (SSSR count). The number of aromatic amines is 1. The molecule has 10 nitrogen and oxygen atoms in total. The fourth-order valence-corrected chi connectivity index (χ4v) is 4.78. The number of nitro groups is 1. The molecular weight excluding hydrogens is 510 g/mol. The predicted octanol–water partition coefficient (Wildman–Crippen LogP) is 5.55. The summed E-state index contributed by atoms with van der Waals surface area (Å²) in [6.07, 6.45) is 9.09. The molecule has 10 heteroatoms. The third-order valence-electron chi connectivity index (χ3n) is 6.51. The van der Waals surface area contributed by atoms with E-state index >= 15 is 0 Å². The first kappa shape index (κ1) is 26.4. The molecule has 0 fully saturated rings. The quantitative estimate of drug-likeness (QED) is 0.161. The molecule has 0 amide bonds. The highest BCUT2D eigenvalue weighted by Gasteiger charge is 2.35. The number of nitrogens with zero attached hydrogens (tertiary/aromatic N) is 3. The summed E-state index contributed by atoms with van der Waals surface area (Å²) >= 11 is 0. The molecule has 1 unspecified atom stereocenters. The minimum atomic E-state index is -0.623. The van der Waals surface area contributed by atoms with Crippen molar-refractivity contribution in [1.82, 2.24) is 20.3 Å². The molecule has 1 aliphatic rings. The van der Waals surface area contributed by atoms with Crippen molar-refractivity contribution in [2.75, 3.05) is 6.61 Å². The third kappa shape index (κ3) is 5.75. The molecule has 0 radical (unpaired) electrons. The van der Waals surface area contributed by atoms with Crippen LogP contribution < -0.4 is 5.32 Å². The van der Waals surface area contributed by atoms with Gasteiger partial charge in [0, 0.05) is 53.6 Å². The molecule has 3 aromatic heterocycles. The Balaban J connectivity index is 1.38. The van der Waals surface area contributed by atoms with Crippen molar-refractivity contribution in [3.05, 3.63) is 135 Å². The summed E-state index contributed by atoms with van der Waals surface area (Å²) < 4.78 is 11.5. The number of hydrogen-bond donors (Lipinski definition) is 2. The van der Waals surface area contributed by atoms with Gasteiger partial charge in [0.25, 0.3) is 5.69 Å². The number of rotatable bonds is 9. The SMILES string of the molecule is CC1=C(C(=O)OCC=Cc2ccc(Cc3ncc[nH]3)o2)C(c2cccc([N+](=O)[O-])c2)C(c2ccccn2)=C(C)N1. The van der Waals surface area contributed by atoms with Crippen LogP contribution in [0, 0.1) is 10.1 Å². The summed E-state index contributed by atoms with van der Waals surface area (Å²) in [6, 6.07) is 15.5. The number of nitro benzene ring substituents is 1. The second-order valence-corrected chi connectivity index (χ2v) is 9.22. The van der Waals surface area contributed by atoms with E-state index in [1.807, 2.05) is 31.2 Å². The minimum absolute atomic E-state index is 0.00705. The van der Waals surface area contributed by atoms with Crippen LogP contribution in [0.4, 0.5) is 5.69 Å².